The summed E-state index contributed by atoms with van der Waals surface area (Å²) in [6.07, 6.45) is 1.64. The minimum absolute atomic E-state index is 0.0518. The molecule has 200 valence electrons. The Morgan fingerprint density at radius 3 is 1.67 bits per heavy atom. The molecule has 0 bridgehead atoms. The first-order valence-electron chi connectivity index (χ1n) is 13.9. The summed E-state index contributed by atoms with van der Waals surface area (Å²) < 4.78 is 0. The van der Waals surface area contributed by atoms with Gasteiger partial charge in [0.1, 0.15) is 0 Å². The summed E-state index contributed by atoms with van der Waals surface area (Å²) in [4.78, 5) is 22.4. The van der Waals surface area contributed by atoms with Crippen LogP contribution in [0.1, 0.15) is 35.1 Å². The van der Waals surface area contributed by atoms with E-state index in [-0.39, 0.29) is 11.8 Å². The Balaban J connectivity index is 1.22. The van der Waals surface area contributed by atoms with E-state index < -0.39 is 5.60 Å². The number of nitrogens with one attached hydrogen (secondary N) is 2. The minimum Gasteiger partial charge on any atom is -0.311 e. The molecule has 0 saturated carbocycles. The Labute approximate surface area is 231 Å². The lowest BCUT2D eigenvalue weighted by molar-refractivity contribution is -0.149. The molecule has 2 N–H and O–H groups in total. The van der Waals surface area contributed by atoms with E-state index in [1.807, 2.05) is 60.7 Å². The highest BCUT2D eigenvalue weighted by atomic mass is 16.7. The normalized spacial score (nSPS) is 14.7. The van der Waals surface area contributed by atoms with Crippen LogP contribution in [0.2, 0.25) is 0 Å². The number of hydrogen-bond donors (Lipinski definition) is 2. The van der Waals surface area contributed by atoms with E-state index in [0.29, 0.717) is 0 Å². The van der Waals surface area contributed by atoms with E-state index in [0.717, 1.165) is 62.3 Å². The maximum Gasteiger partial charge on any atom is 0.246 e. The van der Waals surface area contributed by atoms with Crippen LogP contribution in [0.25, 0.3) is 0 Å². The zero-order valence-corrected chi connectivity index (χ0v) is 22.3. The molecule has 5 rings (SSSR count). The van der Waals surface area contributed by atoms with Crippen LogP contribution in [0.5, 0.6) is 0 Å². The van der Waals surface area contributed by atoms with Crippen LogP contribution in [-0.2, 0) is 21.8 Å². The second-order valence-corrected chi connectivity index (χ2v) is 10.1. The first-order chi connectivity index (χ1) is 19.3. The monoisotopic (exact) mass is 519 g/mol. The zero-order valence-electron chi connectivity index (χ0n) is 22.3. The van der Waals surface area contributed by atoms with Gasteiger partial charge in [-0.1, -0.05) is 121 Å². The lowest BCUT2D eigenvalue weighted by Crippen LogP contribution is -2.45. The van der Waals surface area contributed by atoms with Crippen LogP contribution < -0.4 is 10.8 Å². The van der Waals surface area contributed by atoms with Crippen LogP contribution in [0.4, 0.5) is 0 Å². The quantitative estimate of drug-likeness (QED) is 0.155. The highest BCUT2D eigenvalue weighted by Gasteiger charge is 2.39. The fourth-order valence-electron chi connectivity index (χ4n) is 5.39. The number of likely N-dealkylation sites (tertiary alicyclic amines) is 1. The van der Waals surface area contributed by atoms with Crippen LogP contribution in [0.3, 0.4) is 0 Å². The number of hydrogen-bond acceptors (Lipinski definition) is 4. The van der Waals surface area contributed by atoms with Crippen molar-refractivity contribution in [1.29, 1.82) is 0 Å². The summed E-state index contributed by atoms with van der Waals surface area (Å²) in [7, 11) is 0. The number of amides is 1. The van der Waals surface area contributed by atoms with Gasteiger partial charge in [-0.3, -0.25) is 9.63 Å². The summed E-state index contributed by atoms with van der Waals surface area (Å²) >= 11 is 0. The minimum atomic E-state index is -0.968. The Morgan fingerprint density at radius 2 is 1.18 bits per heavy atom. The van der Waals surface area contributed by atoms with Crippen molar-refractivity contribution in [2.75, 3.05) is 26.2 Å². The number of rotatable bonds is 11. The second kappa shape index (κ2) is 13.3. The van der Waals surface area contributed by atoms with E-state index in [9.17, 15) is 4.79 Å². The lowest BCUT2D eigenvalue weighted by Gasteiger charge is -2.36. The molecule has 39 heavy (non-hydrogen) atoms. The van der Waals surface area contributed by atoms with E-state index >= 15 is 0 Å². The maximum atomic E-state index is 13.4. The van der Waals surface area contributed by atoms with Crippen molar-refractivity contribution in [1.82, 2.24) is 15.7 Å². The van der Waals surface area contributed by atoms with Gasteiger partial charge in [-0.25, -0.2) is 5.48 Å². The number of piperidine rings is 1. The van der Waals surface area contributed by atoms with Crippen LogP contribution in [0, 0.1) is 5.92 Å². The van der Waals surface area contributed by atoms with Crippen LogP contribution in [-0.4, -0.2) is 37.0 Å². The first kappa shape index (κ1) is 26.8. The highest BCUT2D eigenvalue weighted by molar-refractivity contribution is 5.77. The van der Waals surface area contributed by atoms with Gasteiger partial charge < -0.3 is 10.2 Å². The summed E-state index contributed by atoms with van der Waals surface area (Å²) in [6.45, 7) is 4.61. The van der Waals surface area contributed by atoms with Gasteiger partial charge in [-0.2, -0.15) is 0 Å². The van der Waals surface area contributed by atoms with Crippen molar-refractivity contribution in [3.8, 4) is 0 Å². The molecule has 5 nitrogen and oxygen atoms in total. The molecule has 0 atom stereocenters. The molecule has 0 radical (unpaired) electrons. The molecule has 1 amide bonds. The van der Waals surface area contributed by atoms with Crippen molar-refractivity contribution in [2.45, 2.75) is 25.0 Å². The van der Waals surface area contributed by atoms with Gasteiger partial charge in [0.15, 0.2) is 5.60 Å². The van der Waals surface area contributed by atoms with Gasteiger partial charge in [0.2, 0.25) is 5.91 Å². The second-order valence-electron chi connectivity index (χ2n) is 10.1. The number of carbonyl (C=O) groups is 1. The Bertz CT molecular complexity index is 1180. The van der Waals surface area contributed by atoms with Crippen molar-refractivity contribution >= 4 is 5.91 Å². The summed E-state index contributed by atoms with van der Waals surface area (Å²) in [5.41, 5.74) is 6.11. The third kappa shape index (κ3) is 6.63. The number of hydroxylamine groups is 1. The Morgan fingerprint density at radius 1 is 0.718 bits per heavy atom. The molecule has 4 aromatic carbocycles. The topological polar surface area (TPSA) is 53.6 Å². The third-order valence-electron chi connectivity index (χ3n) is 7.58. The molecule has 4 aromatic rings. The van der Waals surface area contributed by atoms with Crippen molar-refractivity contribution in [2.24, 2.45) is 5.92 Å². The molecular formula is C34H37N3O2. The van der Waals surface area contributed by atoms with Crippen molar-refractivity contribution < 1.29 is 9.63 Å². The molecular weight excluding hydrogens is 482 g/mol. The van der Waals surface area contributed by atoms with E-state index in [1.54, 1.807) is 0 Å². The molecule has 0 spiro atoms. The number of nitrogens with zero attached hydrogens (tertiary/aromatic N) is 1. The molecule has 5 heteroatoms. The molecule has 0 aromatic heterocycles. The smallest absolute Gasteiger partial charge is 0.246 e. The summed E-state index contributed by atoms with van der Waals surface area (Å²) in [6, 6.07) is 40.8. The Kier molecular flexibility index (Phi) is 9.17. The molecule has 1 aliphatic rings. The first-order valence-corrected chi connectivity index (χ1v) is 13.9. The summed E-state index contributed by atoms with van der Waals surface area (Å²) in [5, 5.41) is 3.53. The molecule has 1 heterocycles. The lowest BCUT2D eigenvalue weighted by atomic mass is 9.80. The van der Waals surface area contributed by atoms with Gasteiger partial charge in [-0.15, -0.1) is 0 Å². The average Bonchev–Trinajstić information content (AvgIpc) is 3.02. The van der Waals surface area contributed by atoms with Gasteiger partial charge in [0.25, 0.3) is 0 Å². The third-order valence-corrected chi connectivity index (χ3v) is 7.58. The van der Waals surface area contributed by atoms with E-state index in [4.69, 9.17) is 4.84 Å². The van der Waals surface area contributed by atoms with Crippen molar-refractivity contribution in [3.05, 3.63) is 144 Å². The fourth-order valence-corrected chi connectivity index (χ4v) is 5.39. The van der Waals surface area contributed by atoms with Crippen LogP contribution >= 0.6 is 0 Å². The predicted molar refractivity (Wildman–Crippen MR) is 156 cm³/mol. The van der Waals surface area contributed by atoms with E-state index in [1.165, 1.54) is 5.56 Å². The number of carbonyl (C=O) groups excluding carboxylic acids is 1. The molecule has 0 aliphatic carbocycles. The SMILES string of the molecule is O=C(NOC(c1ccccc1)(c1ccccc1)c1ccccc1)C1CCN(CCNCc2ccccc2)CC1. The fraction of sp³-hybridized carbons (Fsp3) is 0.265. The maximum absolute atomic E-state index is 13.4. The van der Waals surface area contributed by atoms with Gasteiger partial charge >= 0.3 is 0 Å². The van der Waals surface area contributed by atoms with Crippen molar-refractivity contribution in [3.63, 3.8) is 0 Å². The molecule has 1 saturated heterocycles. The standard InChI is InChI=1S/C34H37N3O2/c38-33(29-21-24-37(25-22-29)26-23-35-27-28-13-5-1-6-14-28)36-39-34(30-15-7-2-8-16-30,31-17-9-3-10-18-31)32-19-11-4-12-20-32/h1-20,29,35H,21-27H2,(H,36,38). The van der Waals surface area contributed by atoms with Gasteiger partial charge in [0.05, 0.1) is 0 Å². The summed E-state index contributed by atoms with van der Waals surface area (Å²) in [5.74, 6) is -0.123. The van der Waals surface area contributed by atoms with Gasteiger partial charge in [0, 0.05) is 25.6 Å². The molecule has 0 unspecified atom stereocenters. The van der Waals surface area contributed by atoms with Gasteiger partial charge in [-0.05, 0) is 48.2 Å². The highest BCUT2D eigenvalue weighted by Crippen LogP contribution is 2.39. The Hall–Kier alpha value is -3.77. The predicted octanol–water partition coefficient (Wildman–Crippen LogP) is 5.53. The average molecular weight is 520 g/mol. The zero-order chi connectivity index (χ0) is 26.8. The van der Waals surface area contributed by atoms with Crippen LogP contribution in [0.15, 0.2) is 121 Å². The largest absolute Gasteiger partial charge is 0.311 e. The molecule has 1 aliphatic heterocycles. The molecule has 1 fully saturated rings. The van der Waals surface area contributed by atoms with E-state index in [2.05, 4.69) is 76.4 Å². The number of benzene rings is 4.